The van der Waals surface area contributed by atoms with Crippen LogP contribution in [0.25, 0.3) is 116 Å². The van der Waals surface area contributed by atoms with Crippen LogP contribution in [-0.2, 0) is 10.8 Å². The van der Waals surface area contributed by atoms with E-state index in [9.17, 15) is 0 Å². The Morgan fingerprint density at radius 2 is 0.970 bits per heavy atom. The average molecular weight is 851 g/mol. The summed E-state index contributed by atoms with van der Waals surface area (Å²) in [5.41, 5.74) is 13.4. The largest absolute Gasteiger partial charge is 0.455 e. The van der Waals surface area contributed by atoms with Crippen LogP contribution in [0.4, 0.5) is 0 Å². The van der Waals surface area contributed by atoms with Crippen molar-refractivity contribution in [1.29, 1.82) is 0 Å². The Balaban J connectivity index is 1.00. The molecule has 0 atom stereocenters. The molecule has 1 aliphatic rings. The van der Waals surface area contributed by atoms with Crippen molar-refractivity contribution in [1.82, 2.24) is 19.5 Å². The predicted octanol–water partition coefficient (Wildman–Crippen LogP) is 16.2. The minimum absolute atomic E-state index is 0.0767. The van der Waals surface area contributed by atoms with Gasteiger partial charge in [0.05, 0.1) is 16.7 Å². The zero-order chi connectivity index (χ0) is 44.3. The lowest BCUT2D eigenvalue weighted by Gasteiger charge is -2.42. The molecule has 0 bridgehead atoms. The van der Waals surface area contributed by atoms with Gasteiger partial charge in [0.1, 0.15) is 11.2 Å². The first kappa shape index (κ1) is 38.6. The summed E-state index contributed by atoms with van der Waals surface area (Å²) in [6, 6.07) is 65.0. The Kier molecular flexibility index (Phi) is 8.36. The number of hydrogen-bond donors (Lipinski definition) is 0. The van der Waals surface area contributed by atoms with Crippen molar-refractivity contribution in [2.45, 2.75) is 51.4 Å². The van der Waals surface area contributed by atoms with Crippen LogP contribution in [0, 0.1) is 0 Å². The second-order valence-electron chi connectivity index (χ2n) is 19.4. The van der Waals surface area contributed by atoms with Crippen molar-refractivity contribution in [3.8, 4) is 51.0 Å². The van der Waals surface area contributed by atoms with Crippen LogP contribution in [0.3, 0.4) is 0 Å². The Labute approximate surface area is 383 Å². The van der Waals surface area contributed by atoms with E-state index in [4.69, 9.17) is 19.4 Å². The molecule has 66 heavy (non-hydrogen) atoms. The Morgan fingerprint density at radius 1 is 0.409 bits per heavy atom. The van der Waals surface area contributed by atoms with Crippen LogP contribution in [0.5, 0.6) is 0 Å². The van der Waals surface area contributed by atoms with Crippen LogP contribution >= 0.6 is 0 Å². The van der Waals surface area contributed by atoms with E-state index in [1.54, 1.807) is 0 Å². The summed E-state index contributed by atoms with van der Waals surface area (Å²) in [6.07, 6.45) is 2.34. The molecule has 0 fully saturated rings. The van der Waals surface area contributed by atoms with Gasteiger partial charge in [0.15, 0.2) is 17.5 Å². The van der Waals surface area contributed by atoms with Gasteiger partial charge in [-0.15, -0.1) is 0 Å². The highest BCUT2D eigenvalue weighted by Crippen LogP contribution is 2.49. The molecular weight excluding hydrogens is 805 g/mol. The molecule has 0 spiro atoms. The van der Waals surface area contributed by atoms with E-state index < -0.39 is 0 Å². The highest BCUT2D eigenvalue weighted by molar-refractivity contribution is 6.12. The van der Waals surface area contributed by atoms with Gasteiger partial charge < -0.3 is 8.98 Å². The van der Waals surface area contributed by atoms with Gasteiger partial charge >= 0.3 is 0 Å². The van der Waals surface area contributed by atoms with E-state index in [-0.39, 0.29) is 10.8 Å². The van der Waals surface area contributed by atoms with Gasteiger partial charge in [-0.25, -0.2) is 15.0 Å². The number of furan rings is 1. The van der Waals surface area contributed by atoms with E-state index in [1.165, 1.54) is 39.4 Å². The molecular formula is C61H46N4O. The van der Waals surface area contributed by atoms with E-state index in [0.717, 1.165) is 83.4 Å². The van der Waals surface area contributed by atoms with Crippen molar-refractivity contribution >= 4 is 65.3 Å². The fraction of sp³-hybridized carbons (Fsp3) is 0.131. The predicted molar refractivity (Wildman–Crippen MR) is 273 cm³/mol. The number of para-hydroxylation sites is 3. The lowest BCUT2D eigenvalue weighted by Crippen LogP contribution is -2.33. The second-order valence-corrected chi connectivity index (χ2v) is 19.4. The lowest BCUT2D eigenvalue weighted by molar-refractivity contribution is 0.332. The Bertz CT molecular complexity index is 3940. The van der Waals surface area contributed by atoms with E-state index in [2.05, 4.69) is 202 Å². The van der Waals surface area contributed by atoms with Crippen molar-refractivity contribution in [3.63, 3.8) is 0 Å². The maximum absolute atomic E-state index is 6.43. The minimum Gasteiger partial charge on any atom is -0.455 e. The second kappa shape index (κ2) is 14.3. The molecule has 13 rings (SSSR count). The highest BCUT2D eigenvalue weighted by atomic mass is 16.3. The molecule has 0 saturated heterocycles. The lowest BCUT2D eigenvalue weighted by atomic mass is 9.63. The third-order valence-electron chi connectivity index (χ3n) is 14.6. The van der Waals surface area contributed by atoms with Crippen molar-refractivity contribution in [2.75, 3.05) is 0 Å². The normalized spacial score (nSPS) is 14.5. The maximum Gasteiger partial charge on any atom is 0.164 e. The fourth-order valence-corrected chi connectivity index (χ4v) is 10.9. The molecule has 1 aliphatic carbocycles. The first-order valence-corrected chi connectivity index (χ1v) is 23.1. The quantitative estimate of drug-likeness (QED) is 0.173. The van der Waals surface area contributed by atoms with Gasteiger partial charge in [-0.2, -0.15) is 0 Å². The molecule has 0 unspecified atom stereocenters. The van der Waals surface area contributed by atoms with Gasteiger partial charge in [0.2, 0.25) is 0 Å². The zero-order valence-electron chi connectivity index (χ0n) is 37.4. The number of nitrogens with zero attached hydrogens (tertiary/aromatic N) is 4. The maximum atomic E-state index is 6.43. The SMILES string of the molecule is CC1(C)CCC(C)(C)c2cc3c(cc21)c1ccccc1n3-c1ccc(-c2nc(-c3ccc(-c4cccc5c4oc4ccccc45)cc3)nc(-c3cccc4ccccc34)n2)c2ccccc12. The molecule has 12 aromatic rings. The number of hydrogen-bond acceptors (Lipinski definition) is 4. The molecule has 3 aromatic heterocycles. The number of benzene rings is 9. The van der Waals surface area contributed by atoms with E-state index >= 15 is 0 Å². The molecule has 0 radical (unpaired) electrons. The molecule has 316 valence electrons. The molecule has 0 amide bonds. The highest BCUT2D eigenvalue weighted by Gasteiger charge is 2.38. The summed E-state index contributed by atoms with van der Waals surface area (Å²) < 4.78 is 8.92. The summed E-state index contributed by atoms with van der Waals surface area (Å²) in [4.78, 5) is 15.9. The summed E-state index contributed by atoms with van der Waals surface area (Å²) in [7, 11) is 0. The third kappa shape index (κ3) is 5.89. The van der Waals surface area contributed by atoms with Gasteiger partial charge in [0, 0.05) is 49.2 Å². The van der Waals surface area contributed by atoms with Crippen LogP contribution in [-0.4, -0.2) is 19.5 Å². The molecule has 0 saturated carbocycles. The van der Waals surface area contributed by atoms with Crippen LogP contribution < -0.4 is 0 Å². The molecule has 5 nitrogen and oxygen atoms in total. The van der Waals surface area contributed by atoms with E-state index in [1.807, 2.05) is 12.1 Å². The minimum atomic E-state index is 0.0767. The summed E-state index contributed by atoms with van der Waals surface area (Å²) in [6.45, 7) is 9.65. The first-order chi connectivity index (χ1) is 32.2. The van der Waals surface area contributed by atoms with Gasteiger partial charge in [0.25, 0.3) is 0 Å². The van der Waals surface area contributed by atoms with Crippen molar-refractivity contribution in [2.24, 2.45) is 0 Å². The number of fused-ring (bicyclic) bond motifs is 9. The number of aromatic nitrogens is 4. The monoisotopic (exact) mass is 850 g/mol. The number of rotatable bonds is 5. The van der Waals surface area contributed by atoms with Crippen LogP contribution in [0.1, 0.15) is 51.7 Å². The van der Waals surface area contributed by atoms with Gasteiger partial charge in [-0.05, 0) is 92.9 Å². The molecule has 0 aliphatic heterocycles. The molecule has 3 heterocycles. The zero-order valence-corrected chi connectivity index (χ0v) is 37.4. The van der Waals surface area contributed by atoms with Crippen molar-refractivity contribution in [3.05, 3.63) is 193 Å². The average Bonchev–Trinajstić information content (AvgIpc) is 3.90. The topological polar surface area (TPSA) is 56.7 Å². The summed E-state index contributed by atoms with van der Waals surface area (Å²) >= 11 is 0. The Morgan fingerprint density at radius 3 is 1.76 bits per heavy atom. The van der Waals surface area contributed by atoms with Gasteiger partial charge in [-0.3, -0.25) is 0 Å². The summed E-state index contributed by atoms with van der Waals surface area (Å²) in [5.74, 6) is 1.87. The van der Waals surface area contributed by atoms with Crippen LogP contribution in [0.15, 0.2) is 186 Å². The fourth-order valence-electron chi connectivity index (χ4n) is 10.9. The van der Waals surface area contributed by atoms with Crippen molar-refractivity contribution < 1.29 is 4.42 Å². The summed E-state index contributed by atoms with van der Waals surface area (Å²) in [5, 5.41) is 9.23. The van der Waals surface area contributed by atoms with E-state index in [0.29, 0.717) is 17.5 Å². The van der Waals surface area contributed by atoms with Gasteiger partial charge in [-0.1, -0.05) is 173 Å². The third-order valence-corrected chi connectivity index (χ3v) is 14.6. The van der Waals surface area contributed by atoms with Crippen LogP contribution in [0.2, 0.25) is 0 Å². The molecule has 0 N–H and O–H groups in total. The molecule has 5 heteroatoms. The first-order valence-electron chi connectivity index (χ1n) is 23.1. The smallest absolute Gasteiger partial charge is 0.164 e. The molecule has 9 aromatic carbocycles. The standard InChI is InChI=1S/C61H46N4O/c1-60(2)33-34-61(3,4)51-36-54-49(35-50(51)60)44-20-9-11-25-52(44)65(54)53-32-31-48(42-18-7-8-19-43(42)53)59-63-57(62-58(64-59)47-24-13-16-37-15-5-6-17-40(37)47)39-29-27-38(28-30-39)41-22-14-23-46-45-21-10-12-26-55(45)66-56(41)46/h5-32,35-36H,33-34H2,1-4H3. The Hall–Kier alpha value is -7.89.